The number of hydrogen-bond donors (Lipinski definition) is 1. The fourth-order valence-corrected chi connectivity index (χ4v) is 1.21. The zero-order chi connectivity index (χ0) is 13.7. The van der Waals surface area contributed by atoms with Crippen LogP contribution in [0.5, 0.6) is 0 Å². The molecule has 1 heterocycles. The van der Waals surface area contributed by atoms with Crippen LogP contribution in [0, 0.1) is 0 Å². The van der Waals surface area contributed by atoms with Crippen LogP contribution in [-0.4, -0.2) is 54.2 Å². The summed E-state index contributed by atoms with van der Waals surface area (Å²) in [7, 11) is 4.58. The van der Waals surface area contributed by atoms with E-state index in [-0.39, 0.29) is 11.6 Å². The van der Waals surface area contributed by atoms with E-state index in [9.17, 15) is 9.59 Å². The van der Waals surface area contributed by atoms with Crippen LogP contribution in [0.25, 0.3) is 0 Å². The smallest absolute Gasteiger partial charge is 0.328 e. The van der Waals surface area contributed by atoms with Crippen molar-refractivity contribution in [1.29, 1.82) is 0 Å². The predicted octanol–water partition coefficient (Wildman–Crippen LogP) is 0.152. The highest BCUT2D eigenvalue weighted by Gasteiger charge is 2.14. The van der Waals surface area contributed by atoms with E-state index in [4.69, 9.17) is 0 Å². The van der Waals surface area contributed by atoms with Crippen molar-refractivity contribution in [2.75, 3.05) is 26.5 Å². The second-order valence-electron chi connectivity index (χ2n) is 3.89. The first-order valence-corrected chi connectivity index (χ1v) is 5.35. The van der Waals surface area contributed by atoms with Gasteiger partial charge in [-0.2, -0.15) is 0 Å². The van der Waals surface area contributed by atoms with Crippen LogP contribution in [0.4, 0.5) is 5.82 Å². The first kappa shape index (κ1) is 13.9. The molecule has 1 N–H and O–H groups in total. The van der Waals surface area contributed by atoms with Gasteiger partial charge in [0.25, 0.3) is 5.91 Å². The van der Waals surface area contributed by atoms with Crippen LogP contribution < -0.4 is 5.32 Å². The summed E-state index contributed by atoms with van der Waals surface area (Å²) in [4.78, 5) is 24.2. The number of hydrogen-bond acceptors (Lipinski definition) is 6. The number of rotatable bonds is 4. The molecule has 7 nitrogen and oxygen atoms in total. The average Bonchev–Trinajstić information content (AvgIpc) is 2.37. The fraction of sp³-hybridized carbons (Fsp3) is 0.455. The van der Waals surface area contributed by atoms with Gasteiger partial charge in [0.15, 0.2) is 5.69 Å². The van der Waals surface area contributed by atoms with Crippen LogP contribution in [0.1, 0.15) is 17.4 Å². The molecule has 1 rings (SSSR count). The fourth-order valence-electron chi connectivity index (χ4n) is 1.21. The molecule has 98 valence electrons. The largest absolute Gasteiger partial charge is 0.467 e. The van der Waals surface area contributed by atoms with Crippen LogP contribution >= 0.6 is 0 Å². The number of carbonyl (C=O) groups excluding carboxylic acids is 2. The van der Waals surface area contributed by atoms with Gasteiger partial charge in [-0.3, -0.25) is 4.79 Å². The van der Waals surface area contributed by atoms with Crippen molar-refractivity contribution in [1.82, 2.24) is 15.1 Å². The van der Waals surface area contributed by atoms with Gasteiger partial charge < -0.3 is 15.0 Å². The first-order chi connectivity index (χ1) is 8.45. The Morgan fingerprint density at radius 3 is 2.44 bits per heavy atom. The lowest BCUT2D eigenvalue weighted by molar-refractivity contribution is -0.141. The summed E-state index contributed by atoms with van der Waals surface area (Å²) in [6.07, 6.45) is 0. The number of aromatic nitrogens is 2. The molecule has 1 aromatic heterocycles. The van der Waals surface area contributed by atoms with E-state index < -0.39 is 12.0 Å². The molecule has 0 aliphatic rings. The van der Waals surface area contributed by atoms with Crippen molar-refractivity contribution in [3.63, 3.8) is 0 Å². The number of ether oxygens (including phenoxy) is 1. The van der Waals surface area contributed by atoms with E-state index in [1.165, 1.54) is 12.0 Å². The number of nitrogens with one attached hydrogen (secondary N) is 1. The number of nitrogens with zero attached hydrogens (tertiary/aromatic N) is 3. The Morgan fingerprint density at radius 2 is 2.00 bits per heavy atom. The third-order valence-electron chi connectivity index (χ3n) is 2.21. The van der Waals surface area contributed by atoms with Crippen molar-refractivity contribution in [2.45, 2.75) is 13.0 Å². The van der Waals surface area contributed by atoms with E-state index in [0.717, 1.165) is 0 Å². The van der Waals surface area contributed by atoms with Gasteiger partial charge in [0.1, 0.15) is 11.9 Å². The van der Waals surface area contributed by atoms with E-state index in [1.54, 1.807) is 33.2 Å². The van der Waals surface area contributed by atoms with Gasteiger partial charge >= 0.3 is 5.97 Å². The number of anilines is 1. The molecule has 0 spiro atoms. The maximum absolute atomic E-state index is 11.6. The number of carbonyl (C=O) groups is 2. The van der Waals surface area contributed by atoms with E-state index in [2.05, 4.69) is 20.3 Å². The Morgan fingerprint density at radius 1 is 1.33 bits per heavy atom. The monoisotopic (exact) mass is 252 g/mol. The van der Waals surface area contributed by atoms with Crippen molar-refractivity contribution >= 4 is 17.7 Å². The molecule has 18 heavy (non-hydrogen) atoms. The Kier molecular flexibility index (Phi) is 4.59. The van der Waals surface area contributed by atoms with Gasteiger partial charge in [0, 0.05) is 14.1 Å². The molecule has 0 fully saturated rings. The number of esters is 1. The molecule has 0 aliphatic heterocycles. The number of methoxy groups -OCH3 is 1. The summed E-state index contributed by atoms with van der Waals surface area (Å²) in [6, 6.07) is 2.60. The highest BCUT2D eigenvalue weighted by atomic mass is 16.5. The van der Waals surface area contributed by atoms with Gasteiger partial charge in [-0.15, -0.1) is 10.2 Å². The zero-order valence-corrected chi connectivity index (χ0v) is 10.8. The summed E-state index contributed by atoms with van der Waals surface area (Å²) in [5.74, 6) is -0.219. The van der Waals surface area contributed by atoms with E-state index in [0.29, 0.717) is 5.82 Å². The van der Waals surface area contributed by atoms with Crippen molar-refractivity contribution in [3.8, 4) is 0 Å². The van der Waals surface area contributed by atoms with Crippen LogP contribution in [0.3, 0.4) is 0 Å². The van der Waals surface area contributed by atoms with Crippen molar-refractivity contribution < 1.29 is 14.3 Å². The maximum Gasteiger partial charge on any atom is 0.328 e. The molecule has 1 unspecified atom stereocenters. The molecule has 0 aliphatic carbocycles. The molecule has 7 heteroatoms. The Labute approximate surface area is 105 Å². The maximum atomic E-state index is 11.6. The highest BCUT2D eigenvalue weighted by Crippen LogP contribution is 2.05. The summed E-state index contributed by atoms with van der Waals surface area (Å²) < 4.78 is 4.57. The topological polar surface area (TPSA) is 84.4 Å². The second-order valence-corrected chi connectivity index (χ2v) is 3.89. The van der Waals surface area contributed by atoms with Gasteiger partial charge in [-0.05, 0) is 19.1 Å². The van der Waals surface area contributed by atoms with Gasteiger partial charge in [0.2, 0.25) is 0 Å². The summed E-state index contributed by atoms with van der Waals surface area (Å²) >= 11 is 0. The summed E-state index contributed by atoms with van der Waals surface area (Å²) in [5, 5.41) is 10.4. The van der Waals surface area contributed by atoms with Crippen LogP contribution in [0.15, 0.2) is 12.1 Å². The van der Waals surface area contributed by atoms with Crippen LogP contribution in [0.2, 0.25) is 0 Å². The lowest BCUT2D eigenvalue weighted by Gasteiger charge is -2.12. The summed E-state index contributed by atoms with van der Waals surface area (Å²) in [5.41, 5.74) is 0.247. The zero-order valence-electron chi connectivity index (χ0n) is 10.8. The van der Waals surface area contributed by atoms with Gasteiger partial charge in [-0.25, -0.2) is 4.79 Å². The predicted molar refractivity (Wildman–Crippen MR) is 65.2 cm³/mol. The Balaban J connectivity index is 2.72. The van der Waals surface area contributed by atoms with E-state index >= 15 is 0 Å². The van der Waals surface area contributed by atoms with Crippen LogP contribution in [-0.2, 0) is 9.53 Å². The highest BCUT2D eigenvalue weighted by molar-refractivity contribution is 5.91. The van der Waals surface area contributed by atoms with Gasteiger partial charge in [0.05, 0.1) is 7.11 Å². The third kappa shape index (κ3) is 3.41. The number of amides is 1. The standard InChI is InChI=1S/C11H16N4O3/c1-7(11(17)18-4)12-9-6-5-8(13-14-9)10(16)15(2)3/h5-7H,1-4H3,(H,12,14). The molecule has 0 saturated carbocycles. The molecular weight excluding hydrogens is 236 g/mol. The van der Waals surface area contributed by atoms with E-state index in [1.807, 2.05) is 0 Å². The quantitative estimate of drug-likeness (QED) is 0.768. The third-order valence-corrected chi connectivity index (χ3v) is 2.21. The minimum absolute atomic E-state index is 0.227. The normalized spacial score (nSPS) is 11.6. The molecule has 0 radical (unpaired) electrons. The van der Waals surface area contributed by atoms with Crippen molar-refractivity contribution in [2.24, 2.45) is 0 Å². The minimum Gasteiger partial charge on any atom is -0.467 e. The molecule has 1 atom stereocenters. The van der Waals surface area contributed by atoms with Crippen molar-refractivity contribution in [3.05, 3.63) is 17.8 Å². The molecule has 0 bridgehead atoms. The van der Waals surface area contributed by atoms with Gasteiger partial charge in [-0.1, -0.05) is 0 Å². The average molecular weight is 252 g/mol. The first-order valence-electron chi connectivity index (χ1n) is 5.35. The SMILES string of the molecule is COC(=O)C(C)Nc1ccc(C(=O)N(C)C)nn1. The lowest BCUT2D eigenvalue weighted by atomic mass is 10.3. The Bertz CT molecular complexity index is 430. The minimum atomic E-state index is -0.528. The second kappa shape index (κ2) is 5.95. The summed E-state index contributed by atoms with van der Waals surface area (Å²) in [6.45, 7) is 1.65. The molecule has 1 amide bonds. The molecular formula is C11H16N4O3. The molecule has 0 aromatic carbocycles. The molecule has 0 saturated heterocycles. The lowest BCUT2D eigenvalue weighted by Crippen LogP contribution is -2.28. The molecule has 1 aromatic rings. The Hall–Kier alpha value is -2.18.